The van der Waals surface area contributed by atoms with E-state index in [4.69, 9.17) is 5.26 Å². The highest BCUT2D eigenvalue weighted by atomic mass is 19.1. The number of aromatic nitrogens is 3. The first kappa shape index (κ1) is 11.8. The summed E-state index contributed by atoms with van der Waals surface area (Å²) in [6.07, 6.45) is 1.72. The zero-order chi connectivity index (χ0) is 13.2. The van der Waals surface area contributed by atoms with Gasteiger partial charge >= 0.3 is 0 Å². The van der Waals surface area contributed by atoms with Crippen LogP contribution in [0.5, 0.6) is 0 Å². The van der Waals surface area contributed by atoms with E-state index in [1.54, 1.807) is 18.5 Å². The third kappa shape index (κ3) is 2.33. The molecule has 0 N–H and O–H groups in total. The third-order valence-electron chi connectivity index (χ3n) is 3.29. The highest BCUT2D eigenvalue weighted by Crippen LogP contribution is 2.16. The molecule has 0 unspecified atom stereocenters. The molecule has 0 atom stereocenters. The van der Waals surface area contributed by atoms with E-state index >= 15 is 0 Å². The quantitative estimate of drug-likeness (QED) is 0.813. The van der Waals surface area contributed by atoms with Crippen LogP contribution in [-0.4, -0.2) is 26.2 Å². The number of hydrogen-bond acceptors (Lipinski definition) is 4. The van der Waals surface area contributed by atoms with Crippen LogP contribution in [0.15, 0.2) is 24.5 Å². The average Bonchev–Trinajstić information content (AvgIpc) is 2.88. The molecule has 5 nitrogen and oxygen atoms in total. The summed E-state index contributed by atoms with van der Waals surface area (Å²) in [5, 5.41) is 16.6. The molecule has 1 aromatic heterocycles. The van der Waals surface area contributed by atoms with Crippen LogP contribution in [0.4, 0.5) is 4.39 Å². The van der Waals surface area contributed by atoms with Crippen molar-refractivity contribution in [3.63, 3.8) is 0 Å². The number of hydrogen-bond donors (Lipinski definition) is 0. The number of halogens is 1. The molecule has 0 fully saturated rings. The van der Waals surface area contributed by atoms with E-state index in [1.807, 2.05) is 10.6 Å². The van der Waals surface area contributed by atoms with E-state index < -0.39 is 0 Å². The van der Waals surface area contributed by atoms with Crippen LogP contribution in [0.3, 0.4) is 0 Å². The summed E-state index contributed by atoms with van der Waals surface area (Å²) >= 11 is 0. The number of nitrogens with zero attached hydrogens (tertiary/aromatic N) is 5. The molecule has 0 saturated carbocycles. The van der Waals surface area contributed by atoms with E-state index in [1.165, 1.54) is 6.07 Å². The number of nitriles is 1. The van der Waals surface area contributed by atoms with Gasteiger partial charge in [-0.3, -0.25) is 4.90 Å². The maximum absolute atomic E-state index is 13.8. The fourth-order valence-corrected chi connectivity index (χ4v) is 2.24. The minimum Gasteiger partial charge on any atom is -0.315 e. The number of rotatable bonds is 2. The molecule has 2 heterocycles. The topological polar surface area (TPSA) is 57.7 Å². The molecule has 2 aromatic rings. The minimum absolute atomic E-state index is 0.328. The van der Waals surface area contributed by atoms with Gasteiger partial charge in [0.15, 0.2) is 0 Å². The third-order valence-corrected chi connectivity index (χ3v) is 3.29. The second kappa shape index (κ2) is 4.78. The normalized spacial score (nSPS) is 14.9. The summed E-state index contributed by atoms with van der Waals surface area (Å²) in [6, 6.07) is 6.53. The van der Waals surface area contributed by atoms with Crippen molar-refractivity contribution in [3.8, 4) is 6.07 Å². The Balaban J connectivity index is 1.75. The van der Waals surface area contributed by atoms with E-state index in [9.17, 15) is 4.39 Å². The van der Waals surface area contributed by atoms with Gasteiger partial charge in [0.2, 0.25) is 0 Å². The Morgan fingerprint density at radius 3 is 3.05 bits per heavy atom. The van der Waals surface area contributed by atoms with Crippen molar-refractivity contribution in [2.45, 2.75) is 19.6 Å². The van der Waals surface area contributed by atoms with Crippen molar-refractivity contribution < 1.29 is 4.39 Å². The second-order valence-electron chi connectivity index (χ2n) is 4.57. The van der Waals surface area contributed by atoms with E-state index in [-0.39, 0.29) is 5.82 Å². The van der Waals surface area contributed by atoms with Crippen LogP contribution in [0.25, 0.3) is 0 Å². The largest absolute Gasteiger partial charge is 0.315 e. The Morgan fingerprint density at radius 2 is 2.26 bits per heavy atom. The lowest BCUT2D eigenvalue weighted by atomic mass is 10.1. The first-order valence-corrected chi connectivity index (χ1v) is 6.04. The van der Waals surface area contributed by atoms with Gasteiger partial charge in [-0.25, -0.2) is 4.39 Å². The summed E-state index contributed by atoms with van der Waals surface area (Å²) in [6.45, 7) is 2.84. The van der Waals surface area contributed by atoms with Crippen molar-refractivity contribution in [3.05, 3.63) is 47.3 Å². The van der Waals surface area contributed by atoms with Crippen molar-refractivity contribution in [2.75, 3.05) is 6.54 Å². The Kier molecular flexibility index (Phi) is 2.97. The summed E-state index contributed by atoms with van der Waals surface area (Å²) in [7, 11) is 0. The Morgan fingerprint density at radius 1 is 1.37 bits per heavy atom. The summed E-state index contributed by atoms with van der Waals surface area (Å²) in [5.74, 6) is 0.575. The van der Waals surface area contributed by atoms with Gasteiger partial charge in [-0.1, -0.05) is 6.07 Å². The molecule has 1 aromatic carbocycles. The van der Waals surface area contributed by atoms with Crippen molar-refractivity contribution >= 4 is 0 Å². The molecular weight excluding hydrogens is 245 g/mol. The molecule has 0 radical (unpaired) electrons. The Labute approximate surface area is 109 Å². The highest BCUT2D eigenvalue weighted by molar-refractivity contribution is 5.32. The van der Waals surface area contributed by atoms with Crippen molar-refractivity contribution in [1.29, 1.82) is 5.26 Å². The first-order chi connectivity index (χ1) is 9.26. The SMILES string of the molecule is N#Cc1ccc(CN2CCn3cnnc3C2)c(F)c1. The lowest BCUT2D eigenvalue weighted by molar-refractivity contribution is 0.206. The van der Waals surface area contributed by atoms with Gasteiger partial charge in [0, 0.05) is 25.2 Å². The smallest absolute Gasteiger partial charge is 0.147 e. The summed E-state index contributed by atoms with van der Waals surface area (Å²) < 4.78 is 15.8. The molecular formula is C13H12FN5. The maximum atomic E-state index is 13.8. The van der Waals surface area contributed by atoms with Crippen LogP contribution in [-0.2, 0) is 19.6 Å². The molecule has 0 amide bonds. The second-order valence-corrected chi connectivity index (χ2v) is 4.57. The zero-order valence-corrected chi connectivity index (χ0v) is 10.3. The molecule has 1 aliphatic heterocycles. The van der Waals surface area contributed by atoms with E-state index in [2.05, 4.69) is 15.1 Å². The lowest BCUT2D eigenvalue weighted by Gasteiger charge is -2.26. The van der Waals surface area contributed by atoms with Gasteiger partial charge < -0.3 is 4.57 Å². The molecule has 0 saturated heterocycles. The molecule has 96 valence electrons. The van der Waals surface area contributed by atoms with Crippen LogP contribution >= 0.6 is 0 Å². The van der Waals surface area contributed by atoms with Crippen molar-refractivity contribution in [1.82, 2.24) is 19.7 Å². The molecule has 3 rings (SSSR count). The lowest BCUT2D eigenvalue weighted by Crippen LogP contribution is -2.33. The van der Waals surface area contributed by atoms with Gasteiger partial charge in [-0.05, 0) is 12.1 Å². The number of fused-ring (bicyclic) bond motifs is 1. The van der Waals surface area contributed by atoms with Gasteiger partial charge in [0.05, 0.1) is 18.2 Å². The molecule has 0 bridgehead atoms. The predicted octanol–water partition coefficient (Wildman–Crippen LogP) is 1.30. The summed E-state index contributed by atoms with van der Waals surface area (Å²) in [4.78, 5) is 2.12. The standard InChI is InChI=1S/C13H12FN5/c14-12-5-10(6-15)1-2-11(12)7-18-3-4-19-9-16-17-13(19)8-18/h1-2,5,9H,3-4,7-8H2. The molecule has 0 spiro atoms. The Bertz CT molecular complexity index is 643. The van der Waals surface area contributed by atoms with E-state index in [0.717, 1.165) is 18.9 Å². The highest BCUT2D eigenvalue weighted by Gasteiger charge is 2.18. The predicted molar refractivity (Wildman–Crippen MR) is 65.3 cm³/mol. The average molecular weight is 257 g/mol. The first-order valence-electron chi connectivity index (χ1n) is 6.04. The van der Waals surface area contributed by atoms with Crippen molar-refractivity contribution in [2.24, 2.45) is 0 Å². The molecule has 1 aliphatic rings. The van der Waals surface area contributed by atoms with Crippen LogP contribution < -0.4 is 0 Å². The maximum Gasteiger partial charge on any atom is 0.147 e. The van der Waals surface area contributed by atoms with Gasteiger partial charge in [-0.15, -0.1) is 10.2 Å². The van der Waals surface area contributed by atoms with E-state index in [0.29, 0.717) is 24.2 Å². The monoisotopic (exact) mass is 257 g/mol. The fraction of sp³-hybridized carbons (Fsp3) is 0.308. The fourth-order valence-electron chi connectivity index (χ4n) is 2.24. The molecule has 0 aliphatic carbocycles. The number of benzene rings is 1. The molecule has 19 heavy (non-hydrogen) atoms. The van der Waals surface area contributed by atoms with Crippen LogP contribution in [0, 0.1) is 17.1 Å². The van der Waals surface area contributed by atoms with Crippen LogP contribution in [0.1, 0.15) is 17.0 Å². The van der Waals surface area contributed by atoms with Gasteiger partial charge in [-0.2, -0.15) is 5.26 Å². The Hall–Kier alpha value is -2.26. The van der Waals surface area contributed by atoms with Gasteiger partial charge in [0.25, 0.3) is 0 Å². The summed E-state index contributed by atoms with van der Waals surface area (Å²) in [5.41, 5.74) is 0.951. The zero-order valence-electron chi connectivity index (χ0n) is 10.3. The molecule has 6 heteroatoms. The minimum atomic E-state index is -0.328. The van der Waals surface area contributed by atoms with Gasteiger partial charge in [0.1, 0.15) is 18.0 Å². The van der Waals surface area contributed by atoms with Crippen LogP contribution in [0.2, 0.25) is 0 Å².